The van der Waals surface area contributed by atoms with Crippen LogP contribution < -0.4 is 5.73 Å². The molecule has 1 unspecified atom stereocenters. The molecule has 0 spiro atoms. The molecule has 1 heterocycles. The summed E-state index contributed by atoms with van der Waals surface area (Å²) in [7, 11) is 0. The summed E-state index contributed by atoms with van der Waals surface area (Å²) in [6.45, 7) is 6.64. The first-order valence-electron chi connectivity index (χ1n) is 7.44. The molecule has 1 aromatic rings. The van der Waals surface area contributed by atoms with Gasteiger partial charge in [-0.05, 0) is 25.3 Å². The van der Waals surface area contributed by atoms with E-state index in [1.807, 2.05) is 0 Å². The maximum atomic E-state index is 10.9. The second-order valence-electron chi connectivity index (χ2n) is 5.65. The highest BCUT2D eigenvalue weighted by atomic mass is 16.1. The lowest BCUT2D eigenvalue weighted by atomic mass is 10.0. The Labute approximate surface area is 121 Å². The summed E-state index contributed by atoms with van der Waals surface area (Å²) in [6.07, 6.45) is 2.31. The smallest absolute Gasteiger partial charge is 0.231 e. The number of carbonyl (C=O) groups excluding carboxylic acids is 1. The lowest BCUT2D eigenvalue weighted by Crippen LogP contribution is -2.51. The number of benzene rings is 1. The molecule has 110 valence electrons. The number of aryl methyl sites for hydroxylation is 1. The third-order valence-electron chi connectivity index (χ3n) is 4.10. The van der Waals surface area contributed by atoms with Crippen LogP contribution in [-0.4, -0.2) is 54.5 Å². The van der Waals surface area contributed by atoms with Gasteiger partial charge in [0.15, 0.2) is 0 Å². The van der Waals surface area contributed by atoms with Gasteiger partial charge in [0.05, 0.1) is 6.54 Å². The minimum Gasteiger partial charge on any atom is -0.369 e. The highest BCUT2D eigenvalue weighted by Gasteiger charge is 2.21. The standard InChI is InChI=1S/C16H25N3O/c1-14(7-8-15-5-3-2-4-6-15)19-11-9-18(10-12-19)13-16(17)20/h2-6,14H,7-13H2,1H3,(H2,17,20). The van der Waals surface area contributed by atoms with Crippen LogP contribution in [-0.2, 0) is 11.2 Å². The van der Waals surface area contributed by atoms with Crippen molar-refractivity contribution >= 4 is 5.91 Å². The minimum atomic E-state index is -0.226. The zero-order valence-electron chi connectivity index (χ0n) is 12.3. The maximum Gasteiger partial charge on any atom is 0.231 e. The molecule has 0 aliphatic carbocycles. The molecular formula is C16H25N3O. The molecule has 2 N–H and O–H groups in total. The minimum absolute atomic E-state index is 0.226. The fourth-order valence-electron chi connectivity index (χ4n) is 2.79. The molecule has 0 bridgehead atoms. The quantitative estimate of drug-likeness (QED) is 0.846. The van der Waals surface area contributed by atoms with Gasteiger partial charge in [-0.15, -0.1) is 0 Å². The second kappa shape index (κ2) is 7.41. The molecule has 4 nitrogen and oxygen atoms in total. The van der Waals surface area contributed by atoms with E-state index in [1.54, 1.807) is 0 Å². The predicted molar refractivity (Wildman–Crippen MR) is 81.4 cm³/mol. The van der Waals surface area contributed by atoms with Crippen molar-refractivity contribution in [3.63, 3.8) is 0 Å². The van der Waals surface area contributed by atoms with E-state index >= 15 is 0 Å². The molecule has 0 saturated carbocycles. The molecule has 1 aromatic carbocycles. The van der Waals surface area contributed by atoms with E-state index in [9.17, 15) is 4.79 Å². The zero-order chi connectivity index (χ0) is 14.4. The highest BCUT2D eigenvalue weighted by Crippen LogP contribution is 2.12. The summed E-state index contributed by atoms with van der Waals surface area (Å²) in [5, 5.41) is 0. The van der Waals surface area contributed by atoms with Crippen LogP contribution in [0.2, 0.25) is 0 Å². The molecule has 1 saturated heterocycles. The average molecular weight is 275 g/mol. The van der Waals surface area contributed by atoms with Gasteiger partial charge in [-0.25, -0.2) is 0 Å². The number of nitrogens with zero attached hydrogens (tertiary/aromatic N) is 2. The number of carbonyl (C=O) groups is 1. The van der Waals surface area contributed by atoms with Gasteiger partial charge >= 0.3 is 0 Å². The Morgan fingerprint density at radius 2 is 1.85 bits per heavy atom. The summed E-state index contributed by atoms with van der Waals surface area (Å²) < 4.78 is 0. The van der Waals surface area contributed by atoms with E-state index in [0.717, 1.165) is 32.6 Å². The molecule has 0 radical (unpaired) electrons. The van der Waals surface area contributed by atoms with E-state index in [2.05, 4.69) is 47.1 Å². The zero-order valence-corrected chi connectivity index (χ0v) is 12.3. The van der Waals surface area contributed by atoms with Crippen LogP contribution in [0.25, 0.3) is 0 Å². The van der Waals surface area contributed by atoms with Crippen molar-refractivity contribution in [1.82, 2.24) is 9.80 Å². The number of amides is 1. The normalized spacial score (nSPS) is 18.9. The first-order chi connectivity index (χ1) is 9.65. The van der Waals surface area contributed by atoms with Crippen LogP contribution in [0, 0.1) is 0 Å². The molecule has 1 fully saturated rings. The molecular weight excluding hydrogens is 250 g/mol. The molecule has 4 heteroatoms. The predicted octanol–water partition coefficient (Wildman–Crippen LogP) is 1.11. The monoisotopic (exact) mass is 275 g/mol. The van der Waals surface area contributed by atoms with Crippen LogP contribution in [0.3, 0.4) is 0 Å². The van der Waals surface area contributed by atoms with Crippen LogP contribution in [0.15, 0.2) is 30.3 Å². The third kappa shape index (κ3) is 4.62. The molecule has 1 amide bonds. The molecule has 1 atom stereocenters. The lowest BCUT2D eigenvalue weighted by Gasteiger charge is -2.37. The Hall–Kier alpha value is -1.39. The van der Waals surface area contributed by atoms with Crippen LogP contribution in [0.1, 0.15) is 18.9 Å². The van der Waals surface area contributed by atoms with Crippen molar-refractivity contribution in [2.24, 2.45) is 5.73 Å². The van der Waals surface area contributed by atoms with Crippen molar-refractivity contribution in [3.8, 4) is 0 Å². The van der Waals surface area contributed by atoms with Crippen LogP contribution in [0.5, 0.6) is 0 Å². The van der Waals surface area contributed by atoms with Crippen molar-refractivity contribution in [3.05, 3.63) is 35.9 Å². The largest absolute Gasteiger partial charge is 0.369 e. The summed E-state index contributed by atoms with van der Waals surface area (Å²) in [6, 6.07) is 11.2. The van der Waals surface area contributed by atoms with Crippen LogP contribution >= 0.6 is 0 Å². The van der Waals surface area contributed by atoms with Gasteiger partial charge in [-0.1, -0.05) is 30.3 Å². The Morgan fingerprint density at radius 3 is 2.45 bits per heavy atom. The van der Waals surface area contributed by atoms with Gasteiger partial charge < -0.3 is 5.73 Å². The summed E-state index contributed by atoms with van der Waals surface area (Å²) in [5.74, 6) is -0.226. The Bertz CT molecular complexity index is 413. The topological polar surface area (TPSA) is 49.6 Å². The van der Waals surface area contributed by atoms with Gasteiger partial charge in [-0.2, -0.15) is 0 Å². The van der Waals surface area contributed by atoms with Crippen molar-refractivity contribution in [2.75, 3.05) is 32.7 Å². The first-order valence-corrected chi connectivity index (χ1v) is 7.44. The van der Waals surface area contributed by atoms with Crippen molar-refractivity contribution in [2.45, 2.75) is 25.8 Å². The first kappa shape index (κ1) is 15.0. The number of primary amides is 1. The van der Waals surface area contributed by atoms with E-state index in [-0.39, 0.29) is 5.91 Å². The Balaban J connectivity index is 1.72. The number of hydrogen-bond donors (Lipinski definition) is 1. The van der Waals surface area contributed by atoms with Gasteiger partial charge in [0, 0.05) is 32.2 Å². The van der Waals surface area contributed by atoms with E-state index in [1.165, 1.54) is 12.0 Å². The third-order valence-corrected chi connectivity index (χ3v) is 4.10. The fraction of sp³-hybridized carbons (Fsp3) is 0.562. The van der Waals surface area contributed by atoms with Gasteiger partial charge in [0.25, 0.3) is 0 Å². The van der Waals surface area contributed by atoms with Crippen molar-refractivity contribution < 1.29 is 4.79 Å². The number of nitrogens with two attached hydrogens (primary N) is 1. The molecule has 0 aromatic heterocycles. The SMILES string of the molecule is CC(CCc1ccccc1)N1CCN(CC(N)=O)CC1. The Morgan fingerprint density at radius 1 is 1.20 bits per heavy atom. The summed E-state index contributed by atoms with van der Waals surface area (Å²) in [5.41, 5.74) is 6.64. The highest BCUT2D eigenvalue weighted by molar-refractivity contribution is 5.75. The molecule has 1 aliphatic rings. The average Bonchev–Trinajstić information content (AvgIpc) is 2.46. The molecule has 1 aliphatic heterocycles. The summed E-state index contributed by atoms with van der Waals surface area (Å²) in [4.78, 5) is 15.6. The second-order valence-corrected chi connectivity index (χ2v) is 5.65. The number of rotatable bonds is 6. The van der Waals surface area contributed by atoms with Crippen LogP contribution in [0.4, 0.5) is 0 Å². The molecule has 20 heavy (non-hydrogen) atoms. The maximum absolute atomic E-state index is 10.9. The number of piperazine rings is 1. The number of hydrogen-bond acceptors (Lipinski definition) is 3. The van der Waals surface area contributed by atoms with Gasteiger partial charge in [-0.3, -0.25) is 14.6 Å². The van der Waals surface area contributed by atoms with Gasteiger partial charge in [0.1, 0.15) is 0 Å². The fourth-order valence-corrected chi connectivity index (χ4v) is 2.79. The summed E-state index contributed by atoms with van der Waals surface area (Å²) >= 11 is 0. The molecule has 2 rings (SSSR count). The van der Waals surface area contributed by atoms with E-state index < -0.39 is 0 Å². The van der Waals surface area contributed by atoms with E-state index in [4.69, 9.17) is 5.73 Å². The van der Waals surface area contributed by atoms with E-state index in [0.29, 0.717) is 12.6 Å². The Kier molecular flexibility index (Phi) is 5.56. The lowest BCUT2D eigenvalue weighted by molar-refractivity contribution is -0.119. The van der Waals surface area contributed by atoms with Gasteiger partial charge in [0.2, 0.25) is 5.91 Å². The van der Waals surface area contributed by atoms with Crippen molar-refractivity contribution in [1.29, 1.82) is 0 Å².